The number of rotatable bonds is 2. The molecule has 1 amide bonds. The van der Waals surface area contributed by atoms with Gasteiger partial charge in [0, 0.05) is 38.8 Å². The lowest BCUT2D eigenvalue weighted by atomic mass is 10.00. The Hall–Kier alpha value is -1.10. The van der Waals surface area contributed by atoms with Crippen LogP contribution in [0.15, 0.2) is 24.3 Å². The van der Waals surface area contributed by atoms with Crippen molar-refractivity contribution in [3.05, 3.63) is 35.4 Å². The van der Waals surface area contributed by atoms with Crippen molar-refractivity contribution < 1.29 is 4.79 Å². The van der Waals surface area contributed by atoms with Crippen LogP contribution in [0.4, 0.5) is 0 Å². The zero-order valence-electron chi connectivity index (χ0n) is 12.5. The third-order valence-electron chi connectivity index (χ3n) is 4.30. The summed E-state index contributed by atoms with van der Waals surface area (Å²) in [6.07, 6.45) is 0.986. The first-order chi connectivity index (χ1) is 9.72. The maximum Gasteiger partial charge on any atom is 0.237 e. The summed E-state index contributed by atoms with van der Waals surface area (Å²) in [7, 11) is 0. The van der Waals surface area contributed by atoms with E-state index < -0.39 is 0 Å². The normalized spacial score (nSPS) is 22.3. The van der Waals surface area contributed by atoms with E-state index in [1.54, 1.807) is 0 Å². The van der Waals surface area contributed by atoms with Crippen molar-refractivity contribution in [1.29, 1.82) is 0 Å². The van der Waals surface area contributed by atoms with Gasteiger partial charge in [-0.2, -0.15) is 0 Å². The number of carbonyl (C=O) groups excluding carboxylic acids is 1. The van der Waals surface area contributed by atoms with Crippen LogP contribution in [0, 0.1) is 0 Å². The van der Waals surface area contributed by atoms with Gasteiger partial charge in [0.1, 0.15) is 0 Å². The zero-order chi connectivity index (χ0) is 13.9. The quantitative estimate of drug-likeness (QED) is 0.894. The van der Waals surface area contributed by atoms with E-state index in [0.29, 0.717) is 12.6 Å². The molecule has 1 aromatic carbocycles. The van der Waals surface area contributed by atoms with Gasteiger partial charge in [-0.3, -0.25) is 9.69 Å². The Labute approximate surface area is 132 Å². The van der Waals surface area contributed by atoms with E-state index in [0.717, 1.165) is 39.1 Å². The highest BCUT2D eigenvalue weighted by Crippen LogP contribution is 2.18. The summed E-state index contributed by atoms with van der Waals surface area (Å²) in [6, 6.07) is 8.94. The first-order valence-corrected chi connectivity index (χ1v) is 7.52. The van der Waals surface area contributed by atoms with E-state index in [2.05, 4.69) is 41.4 Å². The highest BCUT2D eigenvalue weighted by Gasteiger charge is 2.24. The number of fused-ring (bicyclic) bond motifs is 1. The molecule has 1 saturated heterocycles. The van der Waals surface area contributed by atoms with Crippen LogP contribution in [-0.4, -0.2) is 54.5 Å². The van der Waals surface area contributed by atoms with Crippen LogP contribution in [0.2, 0.25) is 0 Å². The molecule has 5 heteroatoms. The molecule has 116 valence electrons. The van der Waals surface area contributed by atoms with Crippen LogP contribution in [-0.2, 0) is 17.8 Å². The standard InChI is InChI=1S/C16H23N3O.ClH/c1-13-10-18(9-7-17-13)12-16(20)19-8-6-14-4-2-3-5-15(14)11-19;/h2-5,13,17H,6-12H2,1H3;1H. The van der Waals surface area contributed by atoms with Crippen LogP contribution < -0.4 is 5.32 Å². The van der Waals surface area contributed by atoms with Crippen molar-refractivity contribution in [3.63, 3.8) is 0 Å². The number of nitrogens with one attached hydrogen (secondary N) is 1. The first kappa shape index (κ1) is 16.3. The van der Waals surface area contributed by atoms with Crippen molar-refractivity contribution in [3.8, 4) is 0 Å². The molecule has 1 aromatic rings. The Kier molecular flexibility index (Phi) is 5.62. The van der Waals surface area contributed by atoms with Crippen LogP contribution in [0.3, 0.4) is 0 Å². The number of piperazine rings is 1. The fourth-order valence-corrected chi connectivity index (χ4v) is 3.16. The summed E-state index contributed by atoms with van der Waals surface area (Å²) in [5.74, 6) is 0.272. The molecule has 1 fully saturated rings. The van der Waals surface area contributed by atoms with E-state index in [1.807, 2.05) is 4.90 Å². The summed E-state index contributed by atoms with van der Waals surface area (Å²) in [4.78, 5) is 16.7. The minimum atomic E-state index is 0. The molecule has 2 aliphatic heterocycles. The lowest BCUT2D eigenvalue weighted by Gasteiger charge is -2.34. The number of hydrogen-bond acceptors (Lipinski definition) is 3. The van der Waals surface area contributed by atoms with Gasteiger partial charge in [-0.15, -0.1) is 12.4 Å². The molecule has 0 saturated carbocycles. The van der Waals surface area contributed by atoms with Gasteiger partial charge in [-0.1, -0.05) is 24.3 Å². The Morgan fingerprint density at radius 2 is 2.05 bits per heavy atom. The largest absolute Gasteiger partial charge is 0.337 e. The van der Waals surface area contributed by atoms with Crippen molar-refractivity contribution >= 4 is 18.3 Å². The molecule has 0 spiro atoms. The van der Waals surface area contributed by atoms with E-state index in [4.69, 9.17) is 0 Å². The van der Waals surface area contributed by atoms with Crippen molar-refractivity contribution in [2.45, 2.75) is 25.9 Å². The highest BCUT2D eigenvalue weighted by atomic mass is 35.5. The first-order valence-electron chi connectivity index (χ1n) is 7.52. The third kappa shape index (κ3) is 3.96. The maximum absolute atomic E-state index is 12.4. The van der Waals surface area contributed by atoms with Gasteiger partial charge in [0.05, 0.1) is 6.54 Å². The van der Waals surface area contributed by atoms with Gasteiger partial charge in [-0.05, 0) is 24.5 Å². The summed E-state index contributed by atoms with van der Waals surface area (Å²) in [5.41, 5.74) is 2.70. The van der Waals surface area contributed by atoms with Crippen molar-refractivity contribution in [2.75, 3.05) is 32.7 Å². The maximum atomic E-state index is 12.4. The molecule has 2 heterocycles. The van der Waals surface area contributed by atoms with Crippen LogP contribution in [0.5, 0.6) is 0 Å². The molecule has 4 nitrogen and oxygen atoms in total. The van der Waals surface area contributed by atoms with E-state index >= 15 is 0 Å². The zero-order valence-corrected chi connectivity index (χ0v) is 13.4. The Morgan fingerprint density at radius 3 is 2.81 bits per heavy atom. The SMILES string of the molecule is CC1CN(CC(=O)N2CCc3ccccc3C2)CCN1.Cl. The average Bonchev–Trinajstić information content (AvgIpc) is 2.47. The van der Waals surface area contributed by atoms with Gasteiger partial charge < -0.3 is 10.2 Å². The lowest BCUT2D eigenvalue weighted by molar-refractivity contribution is -0.133. The second-order valence-corrected chi connectivity index (χ2v) is 5.92. The molecule has 0 bridgehead atoms. The summed E-state index contributed by atoms with van der Waals surface area (Å²) in [6.45, 7) is 7.30. The van der Waals surface area contributed by atoms with Crippen LogP contribution in [0.25, 0.3) is 0 Å². The highest BCUT2D eigenvalue weighted by molar-refractivity contribution is 5.85. The molecule has 1 unspecified atom stereocenters. The number of hydrogen-bond donors (Lipinski definition) is 1. The molecule has 2 aliphatic rings. The molecule has 0 aromatic heterocycles. The second kappa shape index (κ2) is 7.25. The summed E-state index contributed by atoms with van der Waals surface area (Å²) < 4.78 is 0. The molecule has 21 heavy (non-hydrogen) atoms. The minimum Gasteiger partial charge on any atom is -0.337 e. The third-order valence-corrected chi connectivity index (χ3v) is 4.30. The molecule has 0 radical (unpaired) electrons. The van der Waals surface area contributed by atoms with Gasteiger partial charge in [0.15, 0.2) is 0 Å². The molecule has 1 N–H and O–H groups in total. The Balaban J connectivity index is 0.00000161. The Bertz CT molecular complexity index is 494. The molecule has 3 rings (SSSR count). The van der Waals surface area contributed by atoms with Crippen LogP contribution >= 0.6 is 12.4 Å². The molecular weight excluding hydrogens is 286 g/mol. The number of amides is 1. The van der Waals surface area contributed by atoms with Gasteiger partial charge >= 0.3 is 0 Å². The molecule has 0 aliphatic carbocycles. The van der Waals surface area contributed by atoms with E-state index in [1.165, 1.54) is 11.1 Å². The molecule has 1 atom stereocenters. The summed E-state index contributed by atoms with van der Waals surface area (Å²) in [5, 5.41) is 3.41. The number of benzene rings is 1. The number of halogens is 1. The van der Waals surface area contributed by atoms with Crippen LogP contribution in [0.1, 0.15) is 18.1 Å². The number of carbonyl (C=O) groups is 1. The summed E-state index contributed by atoms with van der Waals surface area (Å²) >= 11 is 0. The second-order valence-electron chi connectivity index (χ2n) is 5.92. The van der Waals surface area contributed by atoms with Gasteiger partial charge in [0.2, 0.25) is 5.91 Å². The van der Waals surface area contributed by atoms with E-state index in [-0.39, 0.29) is 18.3 Å². The predicted octanol–water partition coefficient (Wildman–Crippen LogP) is 1.29. The van der Waals surface area contributed by atoms with E-state index in [9.17, 15) is 4.79 Å². The fraction of sp³-hybridized carbons (Fsp3) is 0.562. The smallest absolute Gasteiger partial charge is 0.237 e. The number of nitrogens with zero attached hydrogens (tertiary/aromatic N) is 2. The lowest BCUT2D eigenvalue weighted by Crippen LogP contribution is -2.52. The Morgan fingerprint density at radius 1 is 1.29 bits per heavy atom. The van der Waals surface area contributed by atoms with Gasteiger partial charge in [0.25, 0.3) is 0 Å². The van der Waals surface area contributed by atoms with Crippen molar-refractivity contribution in [1.82, 2.24) is 15.1 Å². The predicted molar refractivity (Wildman–Crippen MR) is 86.7 cm³/mol. The van der Waals surface area contributed by atoms with Gasteiger partial charge in [-0.25, -0.2) is 0 Å². The average molecular weight is 310 g/mol. The minimum absolute atomic E-state index is 0. The monoisotopic (exact) mass is 309 g/mol. The topological polar surface area (TPSA) is 35.6 Å². The molecular formula is C16H24ClN3O. The fourth-order valence-electron chi connectivity index (χ4n) is 3.16. The van der Waals surface area contributed by atoms with Crippen molar-refractivity contribution in [2.24, 2.45) is 0 Å².